The molecule has 3 rings (SSSR count). The number of imide groups is 1. The fraction of sp³-hybridized carbons (Fsp3) is 0. The molecule has 0 saturated carbocycles. The number of hydrogen-bond donors (Lipinski definition) is 2. The number of benzene rings is 1. The molecule has 0 radical (unpaired) electrons. The molecule has 1 aromatic carbocycles. The van der Waals surface area contributed by atoms with Gasteiger partial charge in [0.15, 0.2) is 0 Å². The number of thiophene rings is 1. The van der Waals surface area contributed by atoms with E-state index in [0.717, 1.165) is 27.1 Å². The van der Waals surface area contributed by atoms with Gasteiger partial charge >= 0.3 is 5.97 Å². The number of carboxylic acids is 1. The van der Waals surface area contributed by atoms with Gasteiger partial charge in [0.25, 0.3) is 11.1 Å². The second-order valence-electron chi connectivity index (χ2n) is 4.44. The largest absolute Gasteiger partial charge is 0.478 e. The number of nitrogens with one attached hydrogen (secondary N) is 1. The van der Waals surface area contributed by atoms with Crippen molar-refractivity contribution in [1.29, 1.82) is 0 Å². The molecule has 0 atom stereocenters. The summed E-state index contributed by atoms with van der Waals surface area (Å²) < 4.78 is 0. The number of carbonyl (C=O) groups is 3. The Morgan fingerprint density at radius 1 is 1.18 bits per heavy atom. The van der Waals surface area contributed by atoms with Gasteiger partial charge < -0.3 is 5.11 Å². The van der Waals surface area contributed by atoms with Crippen molar-refractivity contribution in [1.82, 2.24) is 5.32 Å². The van der Waals surface area contributed by atoms with Crippen LogP contribution in [-0.2, 0) is 4.79 Å². The van der Waals surface area contributed by atoms with Crippen molar-refractivity contribution in [3.05, 3.63) is 51.7 Å². The van der Waals surface area contributed by atoms with E-state index in [1.165, 1.54) is 17.4 Å². The summed E-state index contributed by atoms with van der Waals surface area (Å²) in [6.07, 6.45) is 1.65. The number of carbonyl (C=O) groups excluding carboxylic acids is 2. The zero-order valence-corrected chi connectivity index (χ0v) is 12.7. The van der Waals surface area contributed by atoms with E-state index in [2.05, 4.69) is 5.32 Å². The number of rotatable bonds is 3. The monoisotopic (exact) mass is 331 g/mol. The van der Waals surface area contributed by atoms with Crippen LogP contribution in [0.1, 0.15) is 15.2 Å². The summed E-state index contributed by atoms with van der Waals surface area (Å²) >= 11 is 2.29. The summed E-state index contributed by atoms with van der Waals surface area (Å²) in [5, 5.41) is 10.8. The Morgan fingerprint density at radius 3 is 2.68 bits per heavy atom. The zero-order valence-electron chi connectivity index (χ0n) is 11.0. The maximum absolute atomic E-state index is 11.5. The molecule has 0 bridgehead atoms. The first-order valence-electron chi connectivity index (χ1n) is 6.21. The van der Waals surface area contributed by atoms with Crippen LogP contribution in [0.5, 0.6) is 0 Å². The van der Waals surface area contributed by atoms with Crippen LogP contribution in [-0.4, -0.2) is 22.2 Å². The molecule has 1 aromatic heterocycles. The van der Waals surface area contributed by atoms with Crippen LogP contribution in [0.2, 0.25) is 0 Å². The minimum absolute atomic E-state index is 0.224. The van der Waals surface area contributed by atoms with Gasteiger partial charge in [0, 0.05) is 9.75 Å². The van der Waals surface area contributed by atoms with Gasteiger partial charge in [0.05, 0.1) is 10.5 Å². The first-order chi connectivity index (χ1) is 10.5. The molecule has 1 aliphatic heterocycles. The van der Waals surface area contributed by atoms with Crippen molar-refractivity contribution < 1.29 is 19.5 Å². The summed E-state index contributed by atoms with van der Waals surface area (Å²) in [7, 11) is 0. The molecule has 2 heterocycles. The highest BCUT2D eigenvalue weighted by Gasteiger charge is 2.25. The van der Waals surface area contributed by atoms with E-state index in [4.69, 9.17) is 5.11 Å². The van der Waals surface area contributed by atoms with E-state index in [1.54, 1.807) is 18.2 Å². The van der Waals surface area contributed by atoms with Gasteiger partial charge in [-0.3, -0.25) is 14.9 Å². The van der Waals surface area contributed by atoms with E-state index >= 15 is 0 Å². The Balaban J connectivity index is 1.90. The summed E-state index contributed by atoms with van der Waals surface area (Å²) in [4.78, 5) is 35.7. The lowest BCUT2D eigenvalue weighted by Crippen LogP contribution is -2.17. The summed E-state index contributed by atoms with van der Waals surface area (Å²) in [6, 6.07) is 10.3. The van der Waals surface area contributed by atoms with Crippen LogP contribution in [0.4, 0.5) is 4.79 Å². The standard InChI is InChI=1S/C15H9NO4S2/c17-13-12(22-15(20)16-13)7-10-4-5-11(21-10)8-2-1-3-9(6-8)14(18)19/h1-7H,(H,18,19)(H,16,17,20). The minimum Gasteiger partial charge on any atom is -0.478 e. The Hall–Kier alpha value is -2.38. The molecular weight excluding hydrogens is 322 g/mol. The normalized spacial score (nSPS) is 16.1. The van der Waals surface area contributed by atoms with Gasteiger partial charge in [-0.25, -0.2) is 4.79 Å². The smallest absolute Gasteiger partial charge is 0.335 e. The van der Waals surface area contributed by atoms with Crippen molar-refractivity contribution in [3.8, 4) is 10.4 Å². The second-order valence-corrected chi connectivity index (χ2v) is 6.57. The third-order valence-electron chi connectivity index (χ3n) is 2.94. The van der Waals surface area contributed by atoms with Crippen LogP contribution < -0.4 is 5.32 Å². The molecule has 110 valence electrons. The molecular formula is C15H9NO4S2. The van der Waals surface area contributed by atoms with Gasteiger partial charge in [-0.05, 0) is 47.7 Å². The van der Waals surface area contributed by atoms with E-state index in [1.807, 2.05) is 18.2 Å². The van der Waals surface area contributed by atoms with Crippen LogP contribution in [0.15, 0.2) is 41.3 Å². The molecule has 5 nitrogen and oxygen atoms in total. The summed E-state index contributed by atoms with van der Waals surface area (Å²) in [5.41, 5.74) is 1.02. The number of aromatic carboxylic acids is 1. The van der Waals surface area contributed by atoms with Gasteiger partial charge in [-0.1, -0.05) is 12.1 Å². The molecule has 1 saturated heterocycles. The van der Waals surface area contributed by atoms with E-state index in [9.17, 15) is 14.4 Å². The molecule has 0 spiro atoms. The van der Waals surface area contributed by atoms with Crippen molar-refractivity contribution >= 4 is 46.3 Å². The third kappa shape index (κ3) is 2.95. The lowest BCUT2D eigenvalue weighted by atomic mass is 10.1. The number of hydrogen-bond acceptors (Lipinski definition) is 5. The average Bonchev–Trinajstić information content (AvgIpc) is 3.06. The van der Waals surface area contributed by atoms with Gasteiger partial charge in [-0.15, -0.1) is 11.3 Å². The highest BCUT2D eigenvalue weighted by Crippen LogP contribution is 2.32. The predicted molar refractivity (Wildman–Crippen MR) is 85.8 cm³/mol. The quantitative estimate of drug-likeness (QED) is 0.842. The average molecular weight is 331 g/mol. The molecule has 1 aliphatic rings. The van der Waals surface area contributed by atoms with Gasteiger partial charge in [-0.2, -0.15) is 0 Å². The van der Waals surface area contributed by atoms with E-state index in [0.29, 0.717) is 4.91 Å². The topological polar surface area (TPSA) is 83.5 Å². The van der Waals surface area contributed by atoms with Crippen LogP contribution in [0.25, 0.3) is 16.5 Å². The molecule has 0 aliphatic carbocycles. The zero-order chi connectivity index (χ0) is 15.7. The molecule has 2 aromatic rings. The minimum atomic E-state index is -0.974. The third-order valence-corrected chi connectivity index (χ3v) is 4.83. The molecule has 2 N–H and O–H groups in total. The van der Waals surface area contributed by atoms with E-state index < -0.39 is 11.9 Å². The number of thioether (sulfide) groups is 1. The van der Waals surface area contributed by atoms with Crippen molar-refractivity contribution in [3.63, 3.8) is 0 Å². The number of carboxylic acid groups (broad SMARTS) is 1. The SMILES string of the molecule is O=C1NC(=O)C(=Cc2ccc(-c3cccc(C(=O)O)c3)s2)S1. The van der Waals surface area contributed by atoms with Crippen molar-refractivity contribution in [2.45, 2.75) is 0 Å². The predicted octanol–water partition coefficient (Wildman–Crippen LogP) is 3.44. The molecule has 22 heavy (non-hydrogen) atoms. The second kappa shape index (κ2) is 5.78. The number of amides is 2. The molecule has 0 unspecified atom stereocenters. The lowest BCUT2D eigenvalue weighted by Gasteiger charge is -1.99. The van der Waals surface area contributed by atoms with Crippen molar-refractivity contribution in [2.24, 2.45) is 0 Å². The fourth-order valence-electron chi connectivity index (χ4n) is 1.94. The Bertz CT molecular complexity index is 822. The Morgan fingerprint density at radius 2 is 2.00 bits per heavy atom. The van der Waals surface area contributed by atoms with Crippen LogP contribution >= 0.6 is 23.1 Å². The summed E-state index contributed by atoms with van der Waals surface area (Å²) in [6.45, 7) is 0. The van der Waals surface area contributed by atoms with E-state index in [-0.39, 0.29) is 10.8 Å². The first-order valence-corrected chi connectivity index (χ1v) is 7.84. The van der Waals surface area contributed by atoms with Gasteiger partial charge in [0.1, 0.15) is 0 Å². The van der Waals surface area contributed by atoms with Crippen molar-refractivity contribution in [2.75, 3.05) is 0 Å². The Labute approximate surface area is 133 Å². The highest BCUT2D eigenvalue weighted by molar-refractivity contribution is 8.18. The fourth-order valence-corrected chi connectivity index (χ4v) is 3.64. The summed E-state index contributed by atoms with van der Waals surface area (Å²) in [5.74, 6) is -1.36. The van der Waals surface area contributed by atoms with Crippen LogP contribution in [0.3, 0.4) is 0 Å². The van der Waals surface area contributed by atoms with Crippen LogP contribution in [0, 0.1) is 0 Å². The van der Waals surface area contributed by atoms with Gasteiger partial charge in [0.2, 0.25) is 0 Å². The lowest BCUT2D eigenvalue weighted by molar-refractivity contribution is -0.115. The maximum Gasteiger partial charge on any atom is 0.335 e. The maximum atomic E-state index is 11.5. The molecule has 2 amide bonds. The first kappa shape index (κ1) is 14.6. The highest BCUT2D eigenvalue weighted by atomic mass is 32.2. The molecule has 7 heteroatoms. The molecule has 1 fully saturated rings. The Kier molecular flexibility index (Phi) is 3.82.